The molecule has 2 aromatic rings. The van der Waals surface area contributed by atoms with E-state index in [4.69, 9.17) is 0 Å². The second-order valence-corrected chi connectivity index (χ2v) is 3.65. The largest absolute Gasteiger partial charge is 0.334 e. The minimum absolute atomic E-state index is 0.221. The smallest absolute Gasteiger partial charge is 0.319 e. The Morgan fingerprint density at radius 3 is 2.76 bits per heavy atom. The number of carbonyl (C=O) groups excluding carboxylic acids is 1. The van der Waals surface area contributed by atoms with Crippen LogP contribution in [0.15, 0.2) is 55.1 Å². The minimum Gasteiger partial charge on any atom is -0.334 e. The Bertz CT molecular complexity index is 543. The molecule has 0 spiro atoms. The van der Waals surface area contributed by atoms with E-state index in [0.717, 1.165) is 16.5 Å². The molecule has 0 saturated heterocycles. The summed E-state index contributed by atoms with van der Waals surface area (Å²) >= 11 is 0. The Morgan fingerprint density at radius 2 is 1.94 bits per heavy atom. The standard InChI is InChI=1S/C14H14N2O/c1-2-10-15-14(17)16-13-9-5-7-11-6-3-4-8-12(11)13/h2-9H,1,10H2,(H2,15,16,17). The van der Waals surface area contributed by atoms with E-state index in [2.05, 4.69) is 17.2 Å². The fourth-order valence-electron chi connectivity index (χ4n) is 1.67. The van der Waals surface area contributed by atoms with Gasteiger partial charge in [0.1, 0.15) is 0 Å². The number of fused-ring (bicyclic) bond motifs is 1. The first-order chi connectivity index (χ1) is 8.31. The first kappa shape index (κ1) is 11.2. The van der Waals surface area contributed by atoms with Crippen LogP contribution in [0.5, 0.6) is 0 Å². The Labute approximate surface area is 100 Å². The lowest BCUT2D eigenvalue weighted by atomic mass is 10.1. The molecule has 2 amide bonds. The summed E-state index contributed by atoms with van der Waals surface area (Å²) in [5.41, 5.74) is 0.810. The Morgan fingerprint density at radius 1 is 1.18 bits per heavy atom. The molecule has 86 valence electrons. The minimum atomic E-state index is -0.221. The molecule has 0 atom stereocenters. The van der Waals surface area contributed by atoms with Gasteiger partial charge in [-0.2, -0.15) is 0 Å². The summed E-state index contributed by atoms with van der Waals surface area (Å²) < 4.78 is 0. The highest BCUT2D eigenvalue weighted by Crippen LogP contribution is 2.22. The molecule has 3 nitrogen and oxygen atoms in total. The normalized spacial score (nSPS) is 9.88. The van der Waals surface area contributed by atoms with Gasteiger partial charge in [0.05, 0.1) is 5.69 Å². The molecular weight excluding hydrogens is 212 g/mol. The molecule has 0 aliphatic heterocycles. The van der Waals surface area contributed by atoms with Crippen molar-refractivity contribution in [1.29, 1.82) is 0 Å². The molecule has 0 aromatic heterocycles. The van der Waals surface area contributed by atoms with Crippen molar-refractivity contribution < 1.29 is 4.79 Å². The number of carbonyl (C=O) groups is 1. The predicted octanol–water partition coefficient (Wildman–Crippen LogP) is 3.15. The van der Waals surface area contributed by atoms with Crippen LogP contribution in [0, 0.1) is 0 Å². The van der Waals surface area contributed by atoms with E-state index >= 15 is 0 Å². The number of anilines is 1. The van der Waals surface area contributed by atoms with Gasteiger partial charge >= 0.3 is 6.03 Å². The van der Waals surface area contributed by atoms with E-state index in [0.29, 0.717) is 6.54 Å². The first-order valence-electron chi connectivity index (χ1n) is 5.45. The third-order valence-corrected chi connectivity index (χ3v) is 2.44. The number of nitrogens with one attached hydrogen (secondary N) is 2. The number of hydrogen-bond acceptors (Lipinski definition) is 1. The number of urea groups is 1. The highest BCUT2D eigenvalue weighted by Gasteiger charge is 2.03. The highest BCUT2D eigenvalue weighted by atomic mass is 16.2. The summed E-state index contributed by atoms with van der Waals surface area (Å²) in [6.07, 6.45) is 1.64. The fourth-order valence-corrected chi connectivity index (χ4v) is 1.67. The van der Waals surface area contributed by atoms with Crippen LogP contribution in [0.1, 0.15) is 0 Å². The van der Waals surface area contributed by atoms with Gasteiger partial charge in [-0.05, 0) is 11.5 Å². The third kappa shape index (κ3) is 2.64. The quantitative estimate of drug-likeness (QED) is 0.775. The molecule has 17 heavy (non-hydrogen) atoms. The predicted molar refractivity (Wildman–Crippen MR) is 71.2 cm³/mol. The molecule has 2 N–H and O–H groups in total. The van der Waals surface area contributed by atoms with Gasteiger partial charge < -0.3 is 10.6 Å². The van der Waals surface area contributed by atoms with E-state index < -0.39 is 0 Å². The Kier molecular flexibility index (Phi) is 3.40. The lowest BCUT2D eigenvalue weighted by Crippen LogP contribution is -2.28. The zero-order valence-corrected chi connectivity index (χ0v) is 9.44. The van der Waals surface area contributed by atoms with Crippen LogP contribution in [-0.4, -0.2) is 12.6 Å². The number of hydrogen-bond donors (Lipinski definition) is 2. The molecule has 0 fully saturated rings. The molecule has 0 aliphatic carbocycles. The summed E-state index contributed by atoms with van der Waals surface area (Å²) in [5.74, 6) is 0. The molecule has 0 saturated carbocycles. The molecule has 0 unspecified atom stereocenters. The van der Waals surface area contributed by atoms with E-state index in [1.54, 1.807) is 6.08 Å². The number of benzene rings is 2. The van der Waals surface area contributed by atoms with Gasteiger partial charge in [0.2, 0.25) is 0 Å². The average molecular weight is 226 g/mol. The molecule has 0 heterocycles. The van der Waals surface area contributed by atoms with Gasteiger partial charge in [0.25, 0.3) is 0 Å². The zero-order chi connectivity index (χ0) is 12.1. The van der Waals surface area contributed by atoms with Crippen molar-refractivity contribution in [3.63, 3.8) is 0 Å². The summed E-state index contributed by atoms with van der Waals surface area (Å²) in [7, 11) is 0. The molecule has 0 radical (unpaired) electrons. The summed E-state index contributed by atoms with van der Waals surface area (Å²) in [4.78, 5) is 11.5. The molecule has 2 rings (SSSR count). The van der Waals surface area contributed by atoms with Crippen molar-refractivity contribution in [2.24, 2.45) is 0 Å². The van der Waals surface area contributed by atoms with Crippen LogP contribution in [0.3, 0.4) is 0 Å². The molecule has 3 heteroatoms. The van der Waals surface area contributed by atoms with Gasteiger partial charge in [-0.25, -0.2) is 4.79 Å². The van der Waals surface area contributed by atoms with Crippen molar-refractivity contribution in [3.05, 3.63) is 55.1 Å². The van der Waals surface area contributed by atoms with Crippen LogP contribution in [0.4, 0.5) is 10.5 Å². The van der Waals surface area contributed by atoms with Gasteiger partial charge in [0, 0.05) is 11.9 Å². The van der Waals surface area contributed by atoms with Crippen LogP contribution in [-0.2, 0) is 0 Å². The Balaban J connectivity index is 2.23. The number of rotatable bonds is 3. The van der Waals surface area contributed by atoms with Crippen molar-refractivity contribution in [1.82, 2.24) is 5.32 Å². The van der Waals surface area contributed by atoms with Gasteiger partial charge in [-0.1, -0.05) is 42.5 Å². The maximum absolute atomic E-state index is 11.5. The zero-order valence-electron chi connectivity index (χ0n) is 9.44. The Hall–Kier alpha value is -2.29. The van der Waals surface area contributed by atoms with Crippen LogP contribution < -0.4 is 10.6 Å². The summed E-state index contributed by atoms with van der Waals surface area (Å²) in [6, 6.07) is 13.5. The van der Waals surface area contributed by atoms with Crippen molar-refractivity contribution >= 4 is 22.5 Å². The first-order valence-corrected chi connectivity index (χ1v) is 5.45. The van der Waals surface area contributed by atoms with Gasteiger partial charge in [-0.3, -0.25) is 0 Å². The lowest BCUT2D eigenvalue weighted by Gasteiger charge is -2.08. The maximum Gasteiger partial charge on any atom is 0.319 e. The highest BCUT2D eigenvalue weighted by molar-refractivity contribution is 6.01. The molecular formula is C14H14N2O. The van der Waals surface area contributed by atoms with Gasteiger partial charge in [0.15, 0.2) is 0 Å². The van der Waals surface area contributed by atoms with Crippen LogP contribution in [0.2, 0.25) is 0 Å². The van der Waals surface area contributed by atoms with Crippen molar-refractivity contribution in [2.75, 3.05) is 11.9 Å². The fraction of sp³-hybridized carbons (Fsp3) is 0.0714. The second-order valence-electron chi connectivity index (χ2n) is 3.65. The maximum atomic E-state index is 11.5. The number of amides is 2. The SMILES string of the molecule is C=CCNC(=O)Nc1cccc2ccccc12. The molecule has 0 aliphatic rings. The summed E-state index contributed by atoms with van der Waals surface area (Å²) in [6.45, 7) is 4.00. The lowest BCUT2D eigenvalue weighted by molar-refractivity contribution is 0.253. The van der Waals surface area contributed by atoms with E-state index in [1.165, 1.54) is 0 Å². The third-order valence-electron chi connectivity index (χ3n) is 2.44. The second kappa shape index (κ2) is 5.16. The van der Waals surface area contributed by atoms with Crippen LogP contribution in [0.25, 0.3) is 10.8 Å². The van der Waals surface area contributed by atoms with Crippen molar-refractivity contribution in [3.8, 4) is 0 Å². The van der Waals surface area contributed by atoms with Crippen LogP contribution >= 0.6 is 0 Å². The van der Waals surface area contributed by atoms with E-state index in [9.17, 15) is 4.79 Å². The molecule has 0 bridgehead atoms. The van der Waals surface area contributed by atoms with Gasteiger partial charge in [-0.15, -0.1) is 6.58 Å². The average Bonchev–Trinajstić information content (AvgIpc) is 2.37. The monoisotopic (exact) mass is 226 g/mol. The molecule has 2 aromatic carbocycles. The van der Waals surface area contributed by atoms with E-state index in [-0.39, 0.29) is 6.03 Å². The topological polar surface area (TPSA) is 41.1 Å². The van der Waals surface area contributed by atoms with E-state index in [1.807, 2.05) is 42.5 Å². The van der Waals surface area contributed by atoms with Crippen molar-refractivity contribution in [2.45, 2.75) is 0 Å². The summed E-state index contributed by atoms with van der Waals surface area (Å²) in [5, 5.41) is 7.64.